The number of fused-ring (bicyclic) bond motifs is 1. The number of likely N-dealkylation sites (tertiary alicyclic amines) is 1. The number of nitrogens with zero attached hydrogens (tertiary/aromatic N) is 1. The van der Waals surface area contributed by atoms with Crippen molar-refractivity contribution < 1.29 is 24.2 Å². The molecule has 124 valence electrons. The molecule has 2 atom stereocenters. The molecule has 1 amide bonds. The largest absolute Gasteiger partial charge is 0.484 e. The lowest BCUT2D eigenvalue weighted by Gasteiger charge is -2.33. The van der Waals surface area contributed by atoms with E-state index < -0.39 is 11.4 Å². The number of rotatable bonds is 4. The Morgan fingerprint density at radius 3 is 2.78 bits per heavy atom. The molecule has 2 aliphatic heterocycles. The minimum absolute atomic E-state index is 0.0444. The first kappa shape index (κ1) is 15.8. The van der Waals surface area contributed by atoms with Gasteiger partial charge >= 0.3 is 5.97 Å². The van der Waals surface area contributed by atoms with Crippen molar-refractivity contribution in [2.45, 2.75) is 13.3 Å². The standard InChI is InChI=1S/C17H21NO5/c1-12-2-4-14(5-3-12)23-9-15(19)18-8-13-6-7-22-11-17(13,10-18)16(20)21/h2-5,13H,6-11H2,1H3,(H,20,21)/t13-,17+/m0/s1. The summed E-state index contributed by atoms with van der Waals surface area (Å²) in [5.74, 6) is -0.466. The van der Waals surface area contributed by atoms with Crippen molar-refractivity contribution in [1.29, 1.82) is 0 Å². The second-order valence-electron chi connectivity index (χ2n) is 6.38. The predicted molar refractivity (Wildman–Crippen MR) is 82.2 cm³/mol. The summed E-state index contributed by atoms with van der Waals surface area (Å²) in [5.41, 5.74) is 0.160. The van der Waals surface area contributed by atoms with Crippen LogP contribution >= 0.6 is 0 Å². The fourth-order valence-electron chi connectivity index (χ4n) is 3.35. The highest BCUT2D eigenvalue weighted by Gasteiger charge is 2.55. The molecular weight excluding hydrogens is 298 g/mol. The number of carboxylic acid groups (broad SMARTS) is 1. The van der Waals surface area contributed by atoms with Gasteiger partial charge in [0, 0.05) is 19.7 Å². The van der Waals surface area contributed by atoms with Gasteiger partial charge in [0.05, 0.1) is 6.61 Å². The lowest BCUT2D eigenvalue weighted by atomic mass is 9.76. The summed E-state index contributed by atoms with van der Waals surface area (Å²) in [6.45, 7) is 3.30. The van der Waals surface area contributed by atoms with E-state index in [1.54, 1.807) is 4.90 Å². The van der Waals surface area contributed by atoms with E-state index in [0.29, 0.717) is 25.3 Å². The van der Waals surface area contributed by atoms with E-state index in [0.717, 1.165) is 5.56 Å². The molecule has 6 heteroatoms. The van der Waals surface area contributed by atoms with Crippen molar-refractivity contribution in [3.8, 4) is 5.75 Å². The number of hydrogen-bond donors (Lipinski definition) is 1. The highest BCUT2D eigenvalue weighted by Crippen LogP contribution is 2.41. The highest BCUT2D eigenvalue weighted by molar-refractivity contribution is 5.82. The van der Waals surface area contributed by atoms with Crippen molar-refractivity contribution in [2.24, 2.45) is 11.3 Å². The van der Waals surface area contributed by atoms with Crippen LogP contribution in [-0.2, 0) is 14.3 Å². The smallest absolute Gasteiger partial charge is 0.314 e. The zero-order valence-electron chi connectivity index (χ0n) is 13.2. The Labute approximate surface area is 135 Å². The Morgan fingerprint density at radius 2 is 2.13 bits per heavy atom. The molecule has 0 saturated carbocycles. The second kappa shape index (κ2) is 6.20. The first-order chi connectivity index (χ1) is 11.0. The predicted octanol–water partition coefficient (Wildman–Crippen LogP) is 1.32. The van der Waals surface area contributed by atoms with Crippen LogP contribution in [0.1, 0.15) is 12.0 Å². The van der Waals surface area contributed by atoms with Gasteiger partial charge in [-0.1, -0.05) is 17.7 Å². The summed E-state index contributed by atoms with van der Waals surface area (Å²) >= 11 is 0. The van der Waals surface area contributed by atoms with Crippen LogP contribution in [0.5, 0.6) is 5.75 Å². The average molecular weight is 319 g/mol. The van der Waals surface area contributed by atoms with E-state index in [-0.39, 0.29) is 31.6 Å². The molecule has 2 heterocycles. The molecule has 3 rings (SSSR count). The third-order valence-electron chi connectivity index (χ3n) is 4.83. The average Bonchev–Trinajstić information content (AvgIpc) is 2.95. The highest BCUT2D eigenvalue weighted by atomic mass is 16.5. The van der Waals surface area contributed by atoms with Crippen molar-refractivity contribution >= 4 is 11.9 Å². The Morgan fingerprint density at radius 1 is 1.39 bits per heavy atom. The van der Waals surface area contributed by atoms with Gasteiger partial charge < -0.3 is 19.5 Å². The number of hydrogen-bond acceptors (Lipinski definition) is 4. The maximum atomic E-state index is 12.4. The molecular formula is C17H21NO5. The topological polar surface area (TPSA) is 76.1 Å². The summed E-state index contributed by atoms with van der Waals surface area (Å²) in [6.07, 6.45) is 0.675. The number of aliphatic carboxylic acids is 1. The van der Waals surface area contributed by atoms with Crippen LogP contribution in [0.2, 0.25) is 0 Å². The maximum Gasteiger partial charge on any atom is 0.314 e. The molecule has 6 nitrogen and oxygen atoms in total. The summed E-state index contributed by atoms with van der Waals surface area (Å²) in [6, 6.07) is 7.47. The van der Waals surface area contributed by atoms with Crippen LogP contribution in [0.15, 0.2) is 24.3 Å². The fraction of sp³-hybridized carbons (Fsp3) is 0.529. The van der Waals surface area contributed by atoms with Crippen LogP contribution < -0.4 is 4.74 Å². The SMILES string of the molecule is Cc1ccc(OCC(=O)N2C[C@@H]3CCOC[C@]3(C(=O)O)C2)cc1. The van der Waals surface area contributed by atoms with Gasteiger partial charge in [-0.15, -0.1) is 0 Å². The summed E-state index contributed by atoms with van der Waals surface area (Å²) in [4.78, 5) is 25.6. The monoisotopic (exact) mass is 319 g/mol. The fourth-order valence-corrected chi connectivity index (χ4v) is 3.35. The lowest BCUT2D eigenvalue weighted by Crippen LogP contribution is -2.46. The molecule has 0 radical (unpaired) electrons. The molecule has 0 bridgehead atoms. The van der Waals surface area contributed by atoms with Gasteiger partial charge in [0.2, 0.25) is 0 Å². The van der Waals surface area contributed by atoms with Crippen molar-refractivity contribution in [2.75, 3.05) is 32.9 Å². The molecule has 0 spiro atoms. The summed E-state index contributed by atoms with van der Waals surface area (Å²) in [5, 5.41) is 9.58. The van der Waals surface area contributed by atoms with Crippen LogP contribution in [0.4, 0.5) is 0 Å². The van der Waals surface area contributed by atoms with Gasteiger partial charge in [-0.25, -0.2) is 0 Å². The van der Waals surface area contributed by atoms with Crippen molar-refractivity contribution in [3.63, 3.8) is 0 Å². The molecule has 1 aromatic carbocycles. The van der Waals surface area contributed by atoms with Crippen molar-refractivity contribution in [3.05, 3.63) is 29.8 Å². The number of carboxylic acids is 1. The number of ether oxygens (including phenoxy) is 2. The molecule has 0 aromatic heterocycles. The van der Waals surface area contributed by atoms with E-state index >= 15 is 0 Å². The minimum Gasteiger partial charge on any atom is -0.484 e. The zero-order chi connectivity index (χ0) is 16.4. The number of amides is 1. The van der Waals surface area contributed by atoms with E-state index in [1.807, 2.05) is 31.2 Å². The molecule has 2 aliphatic rings. The molecule has 2 fully saturated rings. The van der Waals surface area contributed by atoms with Gasteiger partial charge in [0.1, 0.15) is 11.2 Å². The number of carbonyl (C=O) groups is 2. The van der Waals surface area contributed by atoms with E-state index in [2.05, 4.69) is 0 Å². The Bertz CT molecular complexity index is 600. The van der Waals surface area contributed by atoms with Crippen LogP contribution in [0.25, 0.3) is 0 Å². The minimum atomic E-state index is -0.961. The van der Waals surface area contributed by atoms with E-state index in [1.165, 1.54) is 0 Å². The maximum absolute atomic E-state index is 12.4. The van der Waals surface area contributed by atoms with Gasteiger partial charge in [0.15, 0.2) is 6.61 Å². The number of carbonyl (C=O) groups excluding carboxylic acids is 1. The first-order valence-electron chi connectivity index (χ1n) is 7.80. The Balaban J connectivity index is 1.62. The molecule has 2 saturated heterocycles. The summed E-state index contributed by atoms with van der Waals surface area (Å²) in [7, 11) is 0. The Hall–Kier alpha value is -2.08. The molecule has 0 aliphatic carbocycles. The van der Waals surface area contributed by atoms with E-state index in [9.17, 15) is 14.7 Å². The van der Waals surface area contributed by atoms with Gasteiger partial charge in [-0.3, -0.25) is 9.59 Å². The molecule has 1 N–H and O–H groups in total. The van der Waals surface area contributed by atoms with Crippen LogP contribution in [0.3, 0.4) is 0 Å². The molecule has 23 heavy (non-hydrogen) atoms. The van der Waals surface area contributed by atoms with E-state index in [4.69, 9.17) is 9.47 Å². The van der Waals surface area contributed by atoms with Crippen molar-refractivity contribution in [1.82, 2.24) is 4.90 Å². The number of benzene rings is 1. The summed E-state index contributed by atoms with van der Waals surface area (Å²) < 4.78 is 10.9. The Kier molecular flexibility index (Phi) is 4.26. The lowest BCUT2D eigenvalue weighted by molar-refractivity contribution is -0.160. The zero-order valence-corrected chi connectivity index (χ0v) is 13.2. The third kappa shape index (κ3) is 3.03. The molecule has 0 unspecified atom stereocenters. The van der Waals surface area contributed by atoms with Crippen LogP contribution in [-0.4, -0.2) is 54.8 Å². The first-order valence-corrected chi connectivity index (χ1v) is 7.80. The molecule has 1 aromatic rings. The second-order valence-corrected chi connectivity index (χ2v) is 6.38. The van der Waals surface area contributed by atoms with Gasteiger partial charge in [0.25, 0.3) is 5.91 Å². The van der Waals surface area contributed by atoms with Gasteiger partial charge in [-0.05, 0) is 31.4 Å². The number of aryl methyl sites for hydroxylation is 1. The van der Waals surface area contributed by atoms with Crippen LogP contribution in [0, 0.1) is 18.3 Å². The van der Waals surface area contributed by atoms with Gasteiger partial charge in [-0.2, -0.15) is 0 Å². The normalized spacial score (nSPS) is 26.7. The third-order valence-corrected chi connectivity index (χ3v) is 4.83. The quantitative estimate of drug-likeness (QED) is 0.906.